The van der Waals surface area contributed by atoms with Crippen molar-refractivity contribution in [3.63, 3.8) is 0 Å². The van der Waals surface area contributed by atoms with E-state index in [0.717, 1.165) is 36.5 Å². The number of carbonyl (C=O) groups is 1. The van der Waals surface area contributed by atoms with Crippen molar-refractivity contribution in [3.8, 4) is 0 Å². The molecule has 0 radical (unpaired) electrons. The summed E-state index contributed by atoms with van der Waals surface area (Å²) in [5.41, 5.74) is 6.50. The molecule has 0 aliphatic heterocycles. The smallest absolute Gasteiger partial charge is 0.239 e. The van der Waals surface area contributed by atoms with E-state index in [1.54, 1.807) is 11.8 Å². The van der Waals surface area contributed by atoms with Gasteiger partial charge in [-0.25, -0.2) is 0 Å². The quantitative estimate of drug-likeness (QED) is 0.803. The molecule has 0 saturated heterocycles. The second-order valence-electron chi connectivity index (χ2n) is 8.00. The Labute approximate surface area is 145 Å². The van der Waals surface area contributed by atoms with Gasteiger partial charge in [0, 0.05) is 13.6 Å². The highest BCUT2D eigenvalue weighted by Crippen LogP contribution is 2.60. The Kier molecular flexibility index (Phi) is 6.12. The molecule has 4 fully saturated rings. The number of carbonyl (C=O) groups excluding carboxylic acids is 1. The van der Waals surface area contributed by atoms with Crippen LogP contribution in [0.1, 0.15) is 44.9 Å². The predicted molar refractivity (Wildman–Crippen MR) is 96.5 cm³/mol. The van der Waals surface area contributed by atoms with E-state index in [-0.39, 0.29) is 24.4 Å². The standard InChI is InChI=1S/C17H30N2OS.ClH/c1-19(16(20)15(18)3-4-21-2)11-17-8-12-5-13(9-17)7-14(6-12)10-17;/h12-15H,3-11,18H2,1-2H3;1H/t12?,13?,14?,15-,17?;/m0./s1. The van der Waals surface area contributed by atoms with E-state index in [2.05, 4.69) is 6.26 Å². The van der Waals surface area contributed by atoms with Gasteiger partial charge in [-0.2, -0.15) is 11.8 Å². The molecule has 0 aromatic rings. The number of halogens is 1. The Morgan fingerprint density at radius 1 is 1.23 bits per heavy atom. The second kappa shape index (κ2) is 7.31. The van der Waals surface area contributed by atoms with Crippen LogP contribution in [0.3, 0.4) is 0 Å². The topological polar surface area (TPSA) is 46.3 Å². The van der Waals surface area contributed by atoms with Gasteiger partial charge in [0.15, 0.2) is 0 Å². The fourth-order valence-corrected chi connectivity index (χ4v) is 6.21. The van der Waals surface area contributed by atoms with Crippen molar-refractivity contribution < 1.29 is 4.79 Å². The van der Waals surface area contributed by atoms with E-state index >= 15 is 0 Å². The minimum Gasteiger partial charge on any atom is -0.344 e. The third-order valence-corrected chi connectivity index (χ3v) is 6.71. The zero-order valence-electron chi connectivity index (χ0n) is 13.9. The molecule has 22 heavy (non-hydrogen) atoms. The first-order valence-corrected chi connectivity index (χ1v) is 9.90. The average Bonchev–Trinajstić information content (AvgIpc) is 2.41. The normalized spacial score (nSPS) is 36.8. The second-order valence-corrected chi connectivity index (χ2v) is 8.99. The first-order chi connectivity index (χ1) is 10.0. The Morgan fingerprint density at radius 2 is 1.73 bits per heavy atom. The molecule has 0 spiro atoms. The van der Waals surface area contributed by atoms with E-state index < -0.39 is 0 Å². The van der Waals surface area contributed by atoms with Crippen LogP contribution in [0.2, 0.25) is 0 Å². The van der Waals surface area contributed by atoms with Crippen molar-refractivity contribution in [2.45, 2.75) is 51.0 Å². The van der Waals surface area contributed by atoms with Crippen molar-refractivity contribution in [1.82, 2.24) is 4.90 Å². The molecule has 0 aromatic heterocycles. The molecule has 1 amide bonds. The van der Waals surface area contributed by atoms with Gasteiger partial charge in [-0.1, -0.05) is 0 Å². The van der Waals surface area contributed by atoms with Gasteiger partial charge in [-0.3, -0.25) is 4.79 Å². The summed E-state index contributed by atoms with van der Waals surface area (Å²) in [6, 6.07) is -0.309. The fraction of sp³-hybridized carbons (Fsp3) is 0.941. The zero-order chi connectivity index (χ0) is 15.0. The summed E-state index contributed by atoms with van der Waals surface area (Å²) in [6.45, 7) is 0.947. The largest absolute Gasteiger partial charge is 0.344 e. The van der Waals surface area contributed by atoms with Gasteiger partial charge in [0.05, 0.1) is 6.04 Å². The van der Waals surface area contributed by atoms with Crippen LogP contribution in [0.25, 0.3) is 0 Å². The summed E-state index contributed by atoms with van der Waals surface area (Å²) in [6.07, 6.45) is 11.3. The Morgan fingerprint density at radius 3 is 2.18 bits per heavy atom. The number of likely N-dealkylation sites (N-methyl/N-ethyl adjacent to an activating group) is 1. The van der Waals surface area contributed by atoms with E-state index in [0.29, 0.717) is 5.41 Å². The highest BCUT2D eigenvalue weighted by molar-refractivity contribution is 7.98. The Bertz CT molecular complexity index is 369. The Balaban J connectivity index is 0.00000176. The van der Waals surface area contributed by atoms with Crippen molar-refractivity contribution >= 4 is 30.1 Å². The predicted octanol–water partition coefficient (Wildman–Crippen LogP) is 3.16. The lowest BCUT2D eigenvalue weighted by molar-refractivity contribution is -0.136. The van der Waals surface area contributed by atoms with Gasteiger partial charge < -0.3 is 10.6 Å². The summed E-state index contributed by atoms with van der Waals surface area (Å²) >= 11 is 1.76. The van der Waals surface area contributed by atoms with Crippen LogP contribution in [0.5, 0.6) is 0 Å². The first kappa shape index (κ1) is 18.4. The van der Waals surface area contributed by atoms with Crippen LogP contribution >= 0.6 is 24.2 Å². The number of hydrogen-bond acceptors (Lipinski definition) is 3. The summed E-state index contributed by atoms with van der Waals surface area (Å²) < 4.78 is 0. The van der Waals surface area contributed by atoms with Crippen LogP contribution < -0.4 is 5.73 Å². The number of amides is 1. The van der Waals surface area contributed by atoms with Crippen molar-refractivity contribution in [1.29, 1.82) is 0 Å². The minimum absolute atomic E-state index is 0. The maximum Gasteiger partial charge on any atom is 0.239 e. The van der Waals surface area contributed by atoms with Crippen LogP contribution in [0, 0.1) is 23.2 Å². The summed E-state index contributed by atoms with van der Waals surface area (Å²) in [5, 5.41) is 0. The molecule has 128 valence electrons. The van der Waals surface area contributed by atoms with Crippen LogP contribution in [-0.2, 0) is 4.79 Å². The maximum absolute atomic E-state index is 12.5. The molecular weight excluding hydrogens is 316 g/mol. The first-order valence-electron chi connectivity index (χ1n) is 8.51. The van der Waals surface area contributed by atoms with Gasteiger partial charge >= 0.3 is 0 Å². The van der Waals surface area contributed by atoms with Crippen molar-refractivity contribution in [3.05, 3.63) is 0 Å². The highest BCUT2D eigenvalue weighted by atomic mass is 35.5. The van der Waals surface area contributed by atoms with E-state index in [4.69, 9.17) is 5.73 Å². The van der Waals surface area contributed by atoms with E-state index in [9.17, 15) is 4.79 Å². The van der Waals surface area contributed by atoms with Gasteiger partial charge in [0.1, 0.15) is 0 Å². The molecule has 0 heterocycles. The molecule has 4 bridgehead atoms. The summed E-state index contributed by atoms with van der Waals surface area (Å²) in [5.74, 6) is 3.97. The van der Waals surface area contributed by atoms with Crippen LogP contribution in [0.4, 0.5) is 0 Å². The Hall–Kier alpha value is 0.0700. The van der Waals surface area contributed by atoms with Gasteiger partial charge in [-0.05, 0) is 80.1 Å². The lowest BCUT2D eigenvalue weighted by Crippen LogP contribution is -2.53. The number of nitrogens with two attached hydrogens (primary N) is 1. The van der Waals surface area contributed by atoms with Gasteiger partial charge in [0.2, 0.25) is 5.91 Å². The molecule has 0 aromatic carbocycles. The average molecular weight is 347 g/mol. The zero-order valence-corrected chi connectivity index (χ0v) is 15.6. The number of hydrogen-bond donors (Lipinski definition) is 1. The van der Waals surface area contributed by atoms with Gasteiger partial charge in [0.25, 0.3) is 0 Å². The SMILES string of the molecule is CSCC[C@H](N)C(=O)N(C)CC12CC3CC(CC(C3)C1)C2.Cl. The minimum atomic E-state index is -0.309. The molecule has 4 saturated carbocycles. The van der Waals surface area contributed by atoms with E-state index in [1.165, 1.54) is 38.5 Å². The summed E-state index contributed by atoms with van der Waals surface area (Å²) in [4.78, 5) is 14.4. The molecular formula is C17H31ClN2OS. The molecule has 0 unspecified atom stereocenters. The molecule has 1 atom stereocenters. The van der Waals surface area contributed by atoms with Crippen LogP contribution in [0.15, 0.2) is 0 Å². The summed E-state index contributed by atoms with van der Waals surface area (Å²) in [7, 11) is 1.97. The monoisotopic (exact) mass is 346 g/mol. The molecule has 4 rings (SSSR count). The molecule has 2 N–H and O–H groups in total. The fourth-order valence-electron chi connectivity index (χ4n) is 5.72. The lowest BCUT2D eigenvalue weighted by atomic mass is 9.49. The molecule has 4 aliphatic rings. The lowest BCUT2D eigenvalue weighted by Gasteiger charge is -2.57. The van der Waals surface area contributed by atoms with Crippen molar-refractivity contribution in [2.24, 2.45) is 28.9 Å². The van der Waals surface area contributed by atoms with Crippen LogP contribution in [-0.4, -0.2) is 42.4 Å². The molecule has 5 heteroatoms. The third kappa shape index (κ3) is 3.76. The van der Waals surface area contributed by atoms with Gasteiger partial charge in [-0.15, -0.1) is 12.4 Å². The number of rotatable bonds is 6. The number of nitrogens with zero attached hydrogens (tertiary/aromatic N) is 1. The maximum atomic E-state index is 12.5. The van der Waals surface area contributed by atoms with E-state index in [1.807, 2.05) is 11.9 Å². The highest BCUT2D eigenvalue weighted by Gasteiger charge is 2.51. The molecule has 4 aliphatic carbocycles. The molecule has 3 nitrogen and oxygen atoms in total. The van der Waals surface area contributed by atoms with Crippen molar-refractivity contribution in [2.75, 3.05) is 25.6 Å². The third-order valence-electron chi connectivity index (χ3n) is 6.06. The number of thioether (sulfide) groups is 1.